The summed E-state index contributed by atoms with van der Waals surface area (Å²) in [5, 5.41) is 14.2. The Morgan fingerprint density at radius 1 is 0.630 bits per heavy atom. The van der Waals surface area contributed by atoms with E-state index < -0.39 is 147 Å². The molecule has 1 fully saturated rings. The van der Waals surface area contributed by atoms with E-state index in [4.69, 9.17) is 42.6 Å². The van der Waals surface area contributed by atoms with E-state index in [9.17, 15) is 67.1 Å². The number of carbonyl (C=O) groups excluding carboxylic acids is 14. The molecule has 2 aliphatic carbocycles. The molecule has 6 N–H and O–H groups in total. The van der Waals surface area contributed by atoms with Crippen molar-refractivity contribution >= 4 is 135 Å². The van der Waals surface area contributed by atoms with Gasteiger partial charge >= 0.3 is 41.8 Å². The number of aromatic nitrogens is 3. The fourth-order valence-electron chi connectivity index (χ4n) is 13.4. The molecule has 0 radical (unpaired) electrons. The summed E-state index contributed by atoms with van der Waals surface area (Å²) in [4.78, 5) is 197. The quantitative estimate of drug-likeness (QED) is 0.0158. The van der Waals surface area contributed by atoms with Crippen LogP contribution in [0.5, 0.6) is 5.88 Å². The first-order chi connectivity index (χ1) is 56.5. The van der Waals surface area contributed by atoms with Gasteiger partial charge in [-0.2, -0.15) is 4.37 Å². The Morgan fingerprint density at radius 2 is 1.18 bits per heavy atom. The van der Waals surface area contributed by atoms with Gasteiger partial charge in [-0.3, -0.25) is 43.2 Å². The van der Waals surface area contributed by atoms with E-state index in [1.165, 1.54) is 18.7 Å². The van der Waals surface area contributed by atoms with Crippen molar-refractivity contribution in [3.8, 4) is 5.88 Å². The molecule has 0 bridgehead atoms. The first-order valence-corrected chi connectivity index (χ1v) is 40.4. The Balaban J connectivity index is 0.777. The lowest BCUT2D eigenvalue weighted by atomic mass is 10.0. The summed E-state index contributed by atoms with van der Waals surface area (Å²) < 4.78 is 57.2. The van der Waals surface area contributed by atoms with E-state index in [2.05, 4.69) is 64.0 Å². The minimum atomic E-state index is -1.67. The van der Waals surface area contributed by atoms with Crippen LogP contribution in [0.1, 0.15) is 166 Å². The number of aryl methyl sites for hydroxylation is 1. The Labute approximate surface area is 694 Å². The number of Topliss-reactive ketones (excluding diaryl/α,β-unsaturated/α-hetero) is 1. The molecule has 8 rings (SSSR count). The van der Waals surface area contributed by atoms with Gasteiger partial charge in [0.1, 0.15) is 6.61 Å². The molecule has 2 aromatic carbocycles. The zero-order valence-electron chi connectivity index (χ0n) is 70.0. The summed E-state index contributed by atoms with van der Waals surface area (Å²) in [5.41, 5.74) is 8.01. The molecule has 2 aromatic heterocycles. The number of ketones is 1. The standard InChI is InChI=1S/C83H108N12O23S/c1-16-92(17-2)30-28-84-76(104)72-46(5)36-55(47(72)6)37-61-59-39-56(21-20-54(59)38-65(61)96)87-66(97)24-26-69(100)114-52(11)81(108)116-50(9)79(106)112-44-68(99)95(83(13,14)15)42-58(43-111-78-74(90-119-91-78)94-32-34-110-35-33-94)118-71(102)45-113-80(107)51(10)117-82(109)53(12)115-70(101)27-25-67(98)88-57-22-23-63-60(40-57)62(75(103)89-63)41-64-48(7)73(49(8)86-64)77(105)85-29-31-93(18-3)19-4/h20-23,37,39-41,50-53,58,86H,16-19,24-36,38,42-45H2,1-15H3,(H,84,104)(H,85,105)(H,87,97)(H,88,98)(H,89,103)/b61-37-,62-41-/t50?,51?,52?,53?,58-/m0/s1. The fourth-order valence-corrected chi connectivity index (χ4v) is 14.0. The summed E-state index contributed by atoms with van der Waals surface area (Å²) in [6.45, 7) is 29.7. The molecule has 119 heavy (non-hydrogen) atoms. The molecule has 35 nitrogen and oxygen atoms in total. The molecule has 5 atom stereocenters. The average molecular weight is 1670 g/mol. The van der Waals surface area contributed by atoms with Gasteiger partial charge in [-0.25, -0.2) is 24.0 Å². The molecule has 0 spiro atoms. The number of likely N-dealkylation sites (N-methyl/N-ethyl adjacent to an activating group) is 2. The van der Waals surface area contributed by atoms with Crippen molar-refractivity contribution in [2.45, 2.75) is 178 Å². The highest BCUT2D eigenvalue weighted by Gasteiger charge is 2.37. The third kappa shape index (κ3) is 26.0. The van der Waals surface area contributed by atoms with E-state index in [1.807, 2.05) is 38.7 Å². The molecular formula is C83H108N12O23S. The molecule has 2 aliphatic heterocycles. The number of rotatable bonds is 41. The molecule has 4 aromatic rings. The number of anilines is 4. The fraction of sp³-hybridized carbons (Fsp3) is 0.518. The molecule has 4 unspecified atom stereocenters. The van der Waals surface area contributed by atoms with Gasteiger partial charge in [0.2, 0.25) is 17.6 Å². The predicted octanol–water partition coefficient (Wildman–Crippen LogP) is 6.46. The van der Waals surface area contributed by atoms with Gasteiger partial charge in [0, 0.05) is 109 Å². The van der Waals surface area contributed by atoms with Crippen LogP contribution in [0.2, 0.25) is 0 Å². The van der Waals surface area contributed by atoms with Gasteiger partial charge in [-0.15, -0.1) is 4.37 Å². The number of ether oxygens (including phenoxy) is 9. The number of carbonyl (C=O) groups is 14. The number of amides is 6. The molecule has 644 valence electrons. The topological polar surface area (TPSA) is 437 Å². The second-order valence-electron chi connectivity index (χ2n) is 29.8. The van der Waals surface area contributed by atoms with Gasteiger partial charge in [0.15, 0.2) is 49.5 Å². The summed E-state index contributed by atoms with van der Waals surface area (Å²) in [6, 6.07) is 9.80. The second-order valence-corrected chi connectivity index (χ2v) is 30.4. The smallest absolute Gasteiger partial charge is 0.347 e. The van der Waals surface area contributed by atoms with Crippen molar-refractivity contribution in [3.05, 3.63) is 104 Å². The highest BCUT2D eigenvalue weighted by atomic mass is 32.1. The third-order valence-corrected chi connectivity index (χ3v) is 20.7. The first-order valence-electron chi connectivity index (χ1n) is 39.7. The number of esters is 7. The Morgan fingerprint density at radius 3 is 1.75 bits per heavy atom. The van der Waals surface area contributed by atoms with E-state index in [-0.39, 0.29) is 41.9 Å². The van der Waals surface area contributed by atoms with Crippen molar-refractivity contribution in [2.24, 2.45) is 0 Å². The number of nitrogens with one attached hydrogen (secondary N) is 6. The molecule has 4 aliphatic rings. The van der Waals surface area contributed by atoms with Gasteiger partial charge in [-0.05, 0) is 179 Å². The predicted molar refractivity (Wildman–Crippen MR) is 437 cm³/mol. The van der Waals surface area contributed by atoms with Crippen molar-refractivity contribution in [2.75, 3.05) is 126 Å². The Bertz CT molecular complexity index is 4610. The highest BCUT2D eigenvalue weighted by molar-refractivity contribution is 6.99. The summed E-state index contributed by atoms with van der Waals surface area (Å²) in [6.07, 6.45) is -5.45. The van der Waals surface area contributed by atoms with Crippen LogP contribution in [-0.4, -0.2) is 253 Å². The maximum atomic E-state index is 14.1. The van der Waals surface area contributed by atoms with Crippen LogP contribution in [0, 0.1) is 13.8 Å². The van der Waals surface area contributed by atoms with E-state index in [0.29, 0.717) is 120 Å². The number of nitrogens with zero attached hydrogens (tertiary/aromatic N) is 6. The lowest BCUT2D eigenvalue weighted by Gasteiger charge is -2.37. The number of aromatic amines is 1. The van der Waals surface area contributed by atoms with Crippen molar-refractivity contribution in [3.63, 3.8) is 0 Å². The highest BCUT2D eigenvalue weighted by Crippen LogP contribution is 2.40. The molecule has 1 saturated heterocycles. The number of H-pyrrole nitrogens is 1. The number of benzene rings is 2. The summed E-state index contributed by atoms with van der Waals surface area (Å²) in [7, 11) is 0. The van der Waals surface area contributed by atoms with Crippen molar-refractivity contribution in [1.29, 1.82) is 0 Å². The second kappa shape index (κ2) is 43.3. The van der Waals surface area contributed by atoms with Crippen molar-refractivity contribution in [1.82, 2.24) is 39.1 Å². The lowest BCUT2D eigenvalue weighted by molar-refractivity contribution is -0.180. The number of fused-ring (bicyclic) bond motifs is 2. The van der Waals surface area contributed by atoms with Crippen LogP contribution in [0.25, 0.3) is 17.2 Å². The van der Waals surface area contributed by atoms with E-state index in [1.54, 1.807) is 77.1 Å². The Hall–Kier alpha value is -11.5. The van der Waals surface area contributed by atoms with Gasteiger partial charge in [0.05, 0.1) is 55.5 Å². The monoisotopic (exact) mass is 1670 g/mol. The van der Waals surface area contributed by atoms with E-state index in [0.717, 1.165) is 80.6 Å². The SMILES string of the molecule is CCN(CC)CCNC(=O)C1=C(C)CC(/C=C2\C(=O)Cc3ccc(NC(=O)CCC(=O)OC(C)C(=O)OC(C)C(=O)OCC(=O)N(C[C@@H](COc4nsnc4N4CCOCC4)OC(=O)COC(=O)C(C)OC(=O)C(C)OC(=O)CCC(=O)Nc4ccc5c(c4)/C(=C/c4[nH]c(C)c(C(=O)NCCN(CC)CC)c4C)C(=O)N5)C(C)(C)C)cc32)=C1C. The first kappa shape index (κ1) is 93.0. The van der Waals surface area contributed by atoms with Crippen LogP contribution >= 0.6 is 11.7 Å². The normalized spacial score (nSPS) is 15.8. The minimum Gasteiger partial charge on any atom is -0.470 e. The summed E-state index contributed by atoms with van der Waals surface area (Å²) >= 11 is 0.848. The van der Waals surface area contributed by atoms with Gasteiger partial charge < -0.3 is 93.8 Å². The minimum absolute atomic E-state index is 0.0636. The van der Waals surface area contributed by atoms with Gasteiger partial charge in [-0.1, -0.05) is 39.3 Å². The van der Waals surface area contributed by atoms with Crippen molar-refractivity contribution < 1.29 is 110 Å². The van der Waals surface area contributed by atoms with Crippen LogP contribution < -0.4 is 36.2 Å². The van der Waals surface area contributed by atoms with Gasteiger partial charge in [0.25, 0.3) is 29.5 Å². The van der Waals surface area contributed by atoms with Crippen LogP contribution in [0.4, 0.5) is 22.9 Å². The largest absolute Gasteiger partial charge is 0.470 e. The number of hydrogen-bond donors (Lipinski definition) is 6. The maximum absolute atomic E-state index is 14.1. The number of allylic oxidation sites excluding steroid dienone is 4. The molecule has 4 heterocycles. The van der Waals surface area contributed by atoms with Crippen LogP contribution in [-0.2, 0) is 107 Å². The lowest BCUT2D eigenvalue weighted by Crippen LogP contribution is -2.52. The van der Waals surface area contributed by atoms with E-state index >= 15 is 0 Å². The molecule has 6 amide bonds. The zero-order chi connectivity index (χ0) is 87.1. The maximum Gasteiger partial charge on any atom is 0.347 e. The third-order valence-electron chi connectivity index (χ3n) is 20.2. The van der Waals surface area contributed by atoms with Crippen LogP contribution in [0.3, 0.4) is 0 Å². The van der Waals surface area contributed by atoms with Crippen LogP contribution in [0.15, 0.2) is 64.8 Å². The molecule has 0 saturated carbocycles. The zero-order valence-corrected chi connectivity index (χ0v) is 70.9. The number of morpholine rings is 1. The molecule has 36 heteroatoms. The number of hydrogen-bond acceptors (Lipinski definition) is 29. The summed E-state index contributed by atoms with van der Waals surface area (Å²) in [5.74, 6) is -10.3. The Kier molecular flexibility index (Phi) is 33.8. The average Bonchev–Trinajstić information content (AvgIpc) is 1.64. The molecular weight excluding hydrogens is 1570 g/mol.